The third kappa shape index (κ3) is 6.70. The molecule has 0 aliphatic heterocycles. The number of pyridine rings is 1. The largest absolute Gasteiger partial charge is 0.480 e. The van der Waals surface area contributed by atoms with E-state index in [-0.39, 0.29) is 0 Å². The molecule has 6 nitrogen and oxygen atoms in total. The van der Waals surface area contributed by atoms with E-state index in [9.17, 15) is 43.2 Å². The van der Waals surface area contributed by atoms with Crippen molar-refractivity contribution < 1.29 is 47.7 Å². The first-order valence-electron chi connectivity index (χ1n) is 5.28. The topological polar surface area (TPSA) is 86.3 Å². The zero-order valence-corrected chi connectivity index (χ0v) is 13.1. The van der Waals surface area contributed by atoms with Gasteiger partial charge in [0, 0.05) is 12.1 Å². The first kappa shape index (κ1) is 21.6. The van der Waals surface area contributed by atoms with E-state index in [1.54, 1.807) is 0 Å². The molecule has 0 bridgehead atoms. The molecule has 0 radical (unpaired) electrons. The smallest absolute Gasteiger partial charge is 0.421 e. The highest BCUT2D eigenvalue weighted by atomic mass is 32.3. The summed E-state index contributed by atoms with van der Waals surface area (Å²) in [6.45, 7) is 2.08. The normalized spacial score (nSPS) is 13.2. The molecule has 1 rings (SSSR count). The Morgan fingerprint density at radius 1 is 0.870 bits per heavy atom. The van der Waals surface area contributed by atoms with Crippen molar-refractivity contribution in [3.8, 4) is 0 Å². The lowest BCUT2D eigenvalue weighted by atomic mass is 10.3. The number of alkyl halides is 6. The highest BCUT2D eigenvalue weighted by Crippen LogP contribution is 2.36. The standard InChI is InChI=1S/C7H10N.C2F6NO4S2/c1-7-3-5-8(2)6-4-7;3-1(4,5)14(10,11)9-15(12,13)2(6,7)8/h3-6H,1-2H3;/q+1;-1. The minimum atomic E-state index is -6.72. The number of halogens is 6. The van der Waals surface area contributed by atoms with Gasteiger partial charge in [0.05, 0.1) is 0 Å². The van der Waals surface area contributed by atoms with Crippen LogP contribution in [0.25, 0.3) is 4.13 Å². The summed E-state index contributed by atoms with van der Waals surface area (Å²) >= 11 is 0. The van der Waals surface area contributed by atoms with E-state index in [0.29, 0.717) is 0 Å². The van der Waals surface area contributed by atoms with Gasteiger partial charge in [-0.3, -0.25) is 0 Å². The molecule has 0 amide bonds. The average molecular weight is 388 g/mol. The van der Waals surface area contributed by atoms with Crippen LogP contribution < -0.4 is 4.57 Å². The summed E-state index contributed by atoms with van der Waals surface area (Å²) in [6, 6.07) is 4.17. The van der Waals surface area contributed by atoms with Gasteiger partial charge in [0.2, 0.25) is 0 Å². The van der Waals surface area contributed by atoms with Gasteiger partial charge in [-0.1, -0.05) is 0 Å². The second-order valence-corrected chi connectivity index (χ2v) is 7.38. The molecule has 0 aliphatic rings. The molecule has 1 aromatic heterocycles. The molecule has 0 saturated carbocycles. The summed E-state index contributed by atoms with van der Waals surface area (Å²) in [4.78, 5) is 0. The van der Waals surface area contributed by atoms with Crippen molar-refractivity contribution in [2.24, 2.45) is 7.05 Å². The highest BCUT2D eigenvalue weighted by molar-refractivity contribution is 8.13. The molecule has 14 heteroatoms. The van der Waals surface area contributed by atoms with Crippen LogP contribution in [0, 0.1) is 6.92 Å². The van der Waals surface area contributed by atoms with Crippen LogP contribution in [0.5, 0.6) is 0 Å². The maximum absolute atomic E-state index is 11.4. The fourth-order valence-corrected chi connectivity index (χ4v) is 2.50. The van der Waals surface area contributed by atoms with Gasteiger partial charge in [-0.05, 0) is 12.5 Å². The maximum atomic E-state index is 11.4. The summed E-state index contributed by atoms with van der Waals surface area (Å²) in [5.41, 5.74) is -11.1. The molecule has 0 spiro atoms. The number of nitrogens with zero attached hydrogens (tertiary/aromatic N) is 2. The Morgan fingerprint density at radius 2 is 1.17 bits per heavy atom. The van der Waals surface area contributed by atoms with Gasteiger partial charge in [-0.15, -0.1) is 0 Å². The van der Waals surface area contributed by atoms with Crippen molar-refractivity contribution in [2.75, 3.05) is 0 Å². The SMILES string of the molecule is Cc1cc[n+](C)cc1.O=S(=O)([N-]S(=O)(=O)C(F)(F)F)C(F)(F)F. The van der Waals surface area contributed by atoms with Gasteiger partial charge in [0.15, 0.2) is 32.4 Å². The lowest BCUT2D eigenvalue weighted by molar-refractivity contribution is -0.671. The van der Waals surface area contributed by atoms with Crippen molar-refractivity contribution in [2.45, 2.75) is 17.9 Å². The van der Waals surface area contributed by atoms with Crippen molar-refractivity contribution in [3.05, 3.63) is 34.2 Å². The van der Waals surface area contributed by atoms with E-state index < -0.39 is 31.1 Å². The summed E-state index contributed by atoms with van der Waals surface area (Å²) < 4.78 is 111. The molecule has 1 heterocycles. The van der Waals surface area contributed by atoms with Crippen LogP contribution in [0.4, 0.5) is 26.3 Å². The predicted molar refractivity (Wildman–Crippen MR) is 65.7 cm³/mol. The van der Waals surface area contributed by atoms with E-state index in [1.807, 2.05) is 24.0 Å². The van der Waals surface area contributed by atoms with Crippen LogP contribution in [0.15, 0.2) is 24.5 Å². The number of rotatable bonds is 2. The Kier molecular flexibility index (Phi) is 6.57. The second kappa shape index (κ2) is 7.00. The Balaban J connectivity index is 0.000000502. The van der Waals surface area contributed by atoms with Crippen LogP contribution in [0.2, 0.25) is 0 Å². The van der Waals surface area contributed by atoms with Gasteiger partial charge < -0.3 is 4.13 Å². The summed E-state index contributed by atoms with van der Waals surface area (Å²) in [6.07, 6.45) is 4.07. The van der Waals surface area contributed by atoms with E-state index in [1.165, 1.54) is 5.56 Å². The molecule has 0 N–H and O–H groups in total. The first-order chi connectivity index (χ1) is 9.99. The van der Waals surface area contributed by atoms with Gasteiger partial charge in [-0.2, -0.15) is 26.3 Å². The lowest BCUT2D eigenvalue weighted by Gasteiger charge is -2.22. The fourth-order valence-electron chi connectivity index (χ4n) is 0.789. The van der Waals surface area contributed by atoms with Gasteiger partial charge in [0.25, 0.3) is 0 Å². The average Bonchev–Trinajstić information content (AvgIpc) is 2.29. The molecule has 23 heavy (non-hydrogen) atoms. The molecule has 0 aliphatic carbocycles. The molecule has 1 aromatic rings. The van der Waals surface area contributed by atoms with E-state index in [0.717, 1.165) is 4.13 Å². The molecular weight excluding hydrogens is 378 g/mol. The van der Waals surface area contributed by atoms with E-state index >= 15 is 0 Å². The number of hydrogen-bond acceptors (Lipinski definition) is 4. The Morgan fingerprint density at radius 3 is 1.39 bits per heavy atom. The molecule has 0 aromatic carbocycles. The first-order valence-corrected chi connectivity index (χ1v) is 8.16. The van der Waals surface area contributed by atoms with E-state index in [2.05, 4.69) is 19.1 Å². The van der Waals surface area contributed by atoms with Crippen molar-refractivity contribution in [1.82, 2.24) is 0 Å². The number of aromatic nitrogens is 1. The monoisotopic (exact) mass is 388 g/mol. The minimum absolute atomic E-state index is 0.778. The van der Waals surface area contributed by atoms with Crippen molar-refractivity contribution >= 4 is 20.0 Å². The molecule has 0 unspecified atom stereocenters. The number of hydrogen-bond donors (Lipinski definition) is 0. The third-order valence-electron chi connectivity index (χ3n) is 1.93. The Hall–Kier alpha value is -1.41. The van der Waals surface area contributed by atoms with Crippen LogP contribution >= 0.6 is 0 Å². The maximum Gasteiger partial charge on any atom is 0.480 e. The summed E-state index contributed by atoms with van der Waals surface area (Å²) in [5, 5.41) is 0. The summed E-state index contributed by atoms with van der Waals surface area (Å²) in [5.74, 6) is 0. The number of sulfonamides is 2. The van der Waals surface area contributed by atoms with Gasteiger partial charge >= 0.3 is 11.0 Å². The van der Waals surface area contributed by atoms with Crippen LogP contribution in [0.1, 0.15) is 5.56 Å². The van der Waals surface area contributed by atoms with Crippen LogP contribution in [-0.4, -0.2) is 27.9 Å². The highest BCUT2D eigenvalue weighted by Gasteiger charge is 2.46. The Bertz CT molecular complexity index is 660. The second-order valence-electron chi connectivity index (χ2n) is 3.96. The number of aryl methyl sites for hydroxylation is 2. The predicted octanol–water partition coefficient (Wildman–Crippen LogP) is 1.88. The lowest BCUT2D eigenvalue weighted by Crippen LogP contribution is -2.30. The quantitative estimate of drug-likeness (QED) is 0.572. The van der Waals surface area contributed by atoms with Crippen molar-refractivity contribution in [3.63, 3.8) is 0 Å². The molecule has 134 valence electrons. The van der Waals surface area contributed by atoms with E-state index in [4.69, 9.17) is 0 Å². The van der Waals surface area contributed by atoms with Gasteiger partial charge in [-0.25, -0.2) is 21.4 Å². The van der Waals surface area contributed by atoms with Crippen LogP contribution in [0.3, 0.4) is 0 Å². The molecule has 0 atom stereocenters. The summed E-state index contributed by atoms with van der Waals surface area (Å²) in [7, 11) is -11.4. The molecule has 0 saturated heterocycles. The zero-order valence-electron chi connectivity index (χ0n) is 11.4. The van der Waals surface area contributed by atoms with Gasteiger partial charge in [0.1, 0.15) is 7.05 Å². The van der Waals surface area contributed by atoms with Crippen molar-refractivity contribution in [1.29, 1.82) is 0 Å². The zero-order chi connectivity index (χ0) is 18.7. The fraction of sp³-hybridized carbons (Fsp3) is 0.444. The molecular formula is C9H10F6N2O4S2. The van der Waals surface area contributed by atoms with Crippen LogP contribution in [-0.2, 0) is 27.1 Å². The third-order valence-corrected chi connectivity index (χ3v) is 4.67. The Labute approximate surface area is 127 Å². The molecule has 0 fully saturated rings. The minimum Gasteiger partial charge on any atom is -0.421 e.